The lowest BCUT2D eigenvalue weighted by atomic mass is 10.1. The quantitative estimate of drug-likeness (QED) is 0.747. The number of benzene rings is 1. The van der Waals surface area contributed by atoms with Crippen LogP contribution in [-0.4, -0.2) is 25.2 Å². The summed E-state index contributed by atoms with van der Waals surface area (Å²) in [4.78, 5) is 0. The van der Waals surface area contributed by atoms with Crippen LogP contribution in [0.4, 0.5) is 13.2 Å². The average molecular weight is 232 g/mol. The van der Waals surface area contributed by atoms with Crippen LogP contribution in [0.5, 0.6) is 0 Å². The van der Waals surface area contributed by atoms with Crippen LogP contribution < -0.4 is 0 Å². The molecule has 1 aliphatic heterocycles. The van der Waals surface area contributed by atoms with E-state index in [4.69, 9.17) is 0 Å². The molecule has 88 valence electrons. The predicted octanol–water partition coefficient (Wildman–Crippen LogP) is 2.53. The monoisotopic (exact) mass is 232 g/mol. The lowest BCUT2D eigenvalue weighted by Crippen LogP contribution is -2.37. The number of epoxide rings is 1. The van der Waals surface area contributed by atoms with Crippen molar-refractivity contribution in [2.75, 3.05) is 7.11 Å². The maximum absolute atomic E-state index is 12.6. The molecule has 1 heterocycles. The first-order chi connectivity index (χ1) is 7.49. The van der Waals surface area contributed by atoms with Crippen LogP contribution >= 0.6 is 0 Å². The zero-order valence-electron chi connectivity index (χ0n) is 8.62. The fraction of sp³-hybridized carbons (Fsp3) is 0.455. The Hall–Kier alpha value is -1.07. The third-order valence-corrected chi connectivity index (χ3v) is 2.65. The molecule has 2 atom stereocenters. The topological polar surface area (TPSA) is 21.8 Å². The Bertz CT molecular complexity index is 363. The summed E-state index contributed by atoms with van der Waals surface area (Å²) in [5.74, 6) is -2.40. The number of methoxy groups -OCH3 is 1. The number of hydrogen-bond acceptors (Lipinski definition) is 2. The second kappa shape index (κ2) is 3.75. The summed E-state index contributed by atoms with van der Waals surface area (Å²) < 4.78 is 46.9. The molecule has 1 aromatic rings. The van der Waals surface area contributed by atoms with Crippen LogP contribution in [0.3, 0.4) is 0 Å². The first kappa shape index (κ1) is 11.4. The van der Waals surface area contributed by atoms with E-state index in [0.717, 1.165) is 12.7 Å². The third kappa shape index (κ3) is 1.81. The molecule has 5 heteroatoms. The van der Waals surface area contributed by atoms with Crippen LogP contribution in [-0.2, 0) is 15.9 Å². The molecular formula is C11H11F3O2. The van der Waals surface area contributed by atoms with E-state index in [2.05, 4.69) is 9.47 Å². The van der Waals surface area contributed by atoms with Crippen molar-refractivity contribution in [1.29, 1.82) is 0 Å². The standard InChI is InChI=1S/C11H11F3O2/c1-15-10(11(12,13)14)9(16-10)7-8-5-3-2-4-6-8/h2-6,9H,7H2,1H3. The highest BCUT2D eigenvalue weighted by Crippen LogP contribution is 2.51. The second-order valence-electron chi connectivity index (χ2n) is 3.67. The van der Waals surface area contributed by atoms with E-state index in [1.54, 1.807) is 24.3 Å². The SMILES string of the molecule is COC1(C(F)(F)F)OC1Cc1ccccc1. The van der Waals surface area contributed by atoms with Crippen molar-refractivity contribution in [1.82, 2.24) is 0 Å². The van der Waals surface area contributed by atoms with Crippen molar-refractivity contribution < 1.29 is 22.6 Å². The Labute approximate surface area is 91.0 Å². The van der Waals surface area contributed by atoms with Crippen molar-refractivity contribution in [3.63, 3.8) is 0 Å². The molecule has 0 N–H and O–H groups in total. The van der Waals surface area contributed by atoms with Crippen LogP contribution in [0, 0.1) is 0 Å². The Morgan fingerprint density at radius 3 is 2.38 bits per heavy atom. The van der Waals surface area contributed by atoms with E-state index < -0.39 is 18.1 Å². The summed E-state index contributed by atoms with van der Waals surface area (Å²) in [6.07, 6.45) is -5.23. The van der Waals surface area contributed by atoms with Gasteiger partial charge in [0.25, 0.3) is 5.79 Å². The molecule has 1 saturated heterocycles. The minimum Gasteiger partial charge on any atom is -0.344 e. The van der Waals surface area contributed by atoms with E-state index in [1.165, 1.54) is 0 Å². The molecular weight excluding hydrogens is 221 g/mol. The largest absolute Gasteiger partial charge is 0.446 e. The van der Waals surface area contributed by atoms with Gasteiger partial charge in [-0.15, -0.1) is 0 Å². The van der Waals surface area contributed by atoms with Gasteiger partial charge in [0.05, 0.1) is 0 Å². The van der Waals surface area contributed by atoms with Crippen molar-refractivity contribution >= 4 is 0 Å². The molecule has 1 fully saturated rings. The molecule has 1 aliphatic rings. The fourth-order valence-corrected chi connectivity index (χ4v) is 1.73. The van der Waals surface area contributed by atoms with Gasteiger partial charge in [-0.05, 0) is 5.56 Å². The molecule has 0 saturated carbocycles. The number of hydrogen-bond donors (Lipinski definition) is 0. The molecule has 0 radical (unpaired) electrons. The molecule has 0 bridgehead atoms. The van der Waals surface area contributed by atoms with Crippen molar-refractivity contribution in [2.45, 2.75) is 24.5 Å². The molecule has 2 unspecified atom stereocenters. The van der Waals surface area contributed by atoms with Gasteiger partial charge in [-0.3, -0.25) is 0 Å². The molecule has 0 spiro atoms. The highest BCUT2D eigenvalue weighted by atomic mass is 19.4. The summed E-state index contributed by atoms with van der Waals surface area (Å²) >= 11 is 0. The first-order valence-corrected chi connectivity index (χ1v) is 4.83. The maximum atomic E-state index is 12.6. The second-order valence-corrected chi connectivity index (χ2v) is 3.67. The number of alkyl halides is 3. The van der Waals surface area contributed by atoms with Gasteiger partial charge in [0, 0.05) is 13.5 Å². The third-order valence-electron chi connectivity index (χ3n) is 2.65. The minimum atomic E-state index is -4.48. The fourth-order valence-electron chi connectivity index (χ4n) is 1.73. The summed E-state index contributed by atoms with van der Waals surface area (Å²) in [6, 6.07) is 8.89. The van der Waals surface area contributed by atoms with Crippen molar-refractivity contribution in [3.8, 4) is 0 Å². The number of halogens is 3. The zero-order chi connectivity index (χ0) is 11.8. The number of ether oxygens (including phenoxy) is 2. The van der Waals surface area contributed by atoms with E-state index in [-0.39, 0.29) is 6.42 Å². The lowest BCUT2D eigenvalue weighted by molar-refractivity contribution is -0.263. The Morgan fingerprint density at radius 2 is 1.94 bits per heavy atom. The van der Waals surface area contributed by atoms with E-state index in [0.29, 0.717) is 0 Å². The van der Waals surface area contributed by atoms with Crippen LogP contribution in [0.1, 0.15) is 5.56 Å². The maximum Gasteiger partial charge on any atom is 0.446 e. The molecule has 0 aromatic heterocycles. The van der Waals surface area contributed by atoms with Gasteiger partial charge in [0.15, 0.2) is 0 Å². The molecule has 0 amide bonds. The Morgan fingerprint density at radius 1 is 1.31 bits per heavy atom. The van der Waals surface area contributed by atoms with Crippen LogP contribution in [0.25, 0.3) is 0 Å². The van der Waals surface area contributed by atoms with Gasteiger partial charge in [-0.2, -0.15) is 13.2 Å². The average Bonchev–Trinajstić information content (AvgIpc) is 2.94. The molecule has 1 aromatic carbocycles. The van der Waals surface area contributed by atoms with Gasteiger partial charge >= 0.3 is 6.18 Å². The van der Waals surface area contributed by atoms with E-state index >= 15 is 0 Å². The molecule has 16 heavy (non-hydrogen) atoms. The predicted molar refractivity (Wildman–Crippen MR) is 50.8 cm³/mol. The summed E-state index contributed by atoms with van der Waals surface area (Å²) in [5, 5.41) is 0. The van der Waals surface area contributed by atoms with Gasteiger partial charge < -0.3 is 9.47 Å². The zero-order valence-corrected chi connectivity index (χ0v) is 8.62. The van der Waals surface area contributed by atoms with E-state index in [9.17, 15) is 13.2 Å². The summed E-state index contributed by atoms with van der Waals surface area (Å²) in [6.45, 7) is 0. The normalized spacial score (nSPS) is 29.1. The van der Waals surface area contributed by atoms with Crippen molar-refractivity contribution in [3.05, 3.63) is 35.9 Å². The lowest BCUT2D eigenvalue weighted by Gasteiger charge is -2.14. The molecule has 2 nitrogen and oxygen atoms in total. The minimum absolute atomic E-state index is 0.203. The van der Waals surface area contributed by atoms with Gasteiger partial charge in [-0.1, -0.05) is 30.3 Å². The highest BCUT2D eigenvalue weighted by Gasteiger charge is 2.74. The van der Waals surface area contributed by atoms with Crippen LogP contribution in [0.15, 0.2) is 30.3 Å². The first-order valence-electron chi connectivity index (χ1n) is 4.83. The van der Waals surface area contributed by atoms with Gasteiger partial charge in [-0.25, -0.2) is 0 Å². The summed E-state index contributed by atoms with van der Waals surface area (Å²) in [5.41, 5.74) is 0.802. The van der Waals surface area contributed by atoms with E-state index in [1.807, 2.05) is 6.07 Å². The Kier molecular flexibility index (Phi) is 2.67. The van der Waals surface area contributed by atoms with Gasteiger partial charge in [0.1, 0.15) is 6.10 Å². The van der Waals surface area contributed by atoms with Crippen molar-refractivity contribution in [2.24, 2.45) is 0 Å². The molecule has 2 rings (SSSR count). The summed E-state index contributed by atoms with van der Waals surface area (Å²) in [7, 11) is 1.01. The van der Waals surface area contributed by atoms with Gasteiger partial charge in [0.2, 0.25) is 0 Å². The number of rotatable bonds is 3. The highest BCUT2D eigenvalue weighted by molar-refractivity contribution is 5.19. The smallest absolute Gasteiger partial charge is 0.344 e. The van der Waals surface area contributed by atoms with Crippen LogP contribution in [0.2, 0.25) is 0 Å². The molecule has 0 aliphatic carbocycles. The Balaban J connectivity index is 2.06.